The second kappa shape index (κ2) is 7.61. The van der Waals surface area contributed by atoms with Crippen LogP contribution >= 0.6 is 11.3 Å². The minimum absolute atomic E-state index is 0.0152. The van der Waals surface area contributed by atoms with E-state index in [2.05, 4.69) is 10.9 Å². The molecule has 1 aliphatic heterocycles. The predicted octanol–water partition coefficient (Wildman–Crippen LogP) is 3.11. The summed E-state index contributed by atoms with van der Waals surface area (Å²) < 4.78 is 13.4. The molecule has 2 aromatic carbocycles. The van der Waals surface area contributed by atoms with Crippen LogP contribution < -0.4 is 14.3 Å². The van der Waals surface area contributed by atoms with Gasteiger partial charge < -0.3 is 14.0 Å². The first-order chi connectivity index (χ1) is 14.0. The molecule has 29 heavy (non-hydrogen) atoms. The lowest BCUT2D eigenvalue weighted by atomic mass is 10.2. The van der Waals surface area contributed by atoms with Gasteiger partial charge in [0.2, 0.25) is 6.79 Å². The van der Waals surface area contributed by atoms with E-state index in [1.807, 2.05) is 12.1 Å². The van der Waals surface area contributed by atoms with Gasteiger partial charge in [0.15, 0.2) is 16.3 Å². The summed E-state index contributed by atoms with van der Waals surface area (Å²) in [6.45, 7) is 0.419. The number of carbonyl (C=O) groups is 1. The highest BCUT2D eigenvalue weighted by Gasteiger charge is 2.17. The standard InChI is InChI=1S/C20H13N3O5S/c1-2-9-22-15-10-16-17(28-12-27-16)11-18(15)29-20(22)21-19(24)8-5-13-3-6-14(7-4-13)23(25)26/h1,3-8,10-11H,9,12H2/b8-5-,21-20?. The van der Waals surface area contributed by atoms with Gasteiger partial charge in [-0.3, -0.25) is 14.9 Å². The number of nitrogens with zero attached hydrogens (tertiary/aromatic N) is 3. The molecule has 0 radical (unpaired) electrons. The maximum absolute atomic E-state index is 12.3. The number of amides is 1. The number of aromatic nitrogens is 1. The molecule has 0 spiro atoms. The Bertz CT molecular complexity index is 1260. The Balaban J connectivity index is 1.66. The second-order valence-electron chi connectivity index (χ2n) is 5.98. The molecule has 0 aliphatic carbocycles. The maximum atomic E-state index is 12.3. The Morgan fingerprint density at radius 2 is 2.03 bits per heavy atom. The van der Waals surface area contributed by atoms with Gasteiger partial charge in [0.05, 0.1) is 21.7 Å². The highest BCUT2D eigenvalue weighted by Crippen LogP contribution is 2.36. The third kappa shape index (κ3) is 3.74. The van der Waals surface area contributed by atoms with Crippen molar-refractivity contribution in [2.24, 2.45) is 4.99 Å². The molecular formula is C20H13N3O5S. The van der Waals surface area contributed by atoms with E-state index >= 15 is 0 Å². The normalized spacial score (nSPS) is 13.1. The minimum Gasteiger partial charge on any atom is -0.454 e. The van der Waals surface area contributed by atoms with Gasteiger partial charge in [0.25, 0.3) is 11.6 Å². The molecule has 4 rings (SSSR count). The summed E-state index contributed by atoms with van der Waals surface area (Å²) in [6.07, 6.45) is 8.33. The second-order valence-corrected chi connectivity index (χ2v) is 6.99. The van der Waals surface area contributed by atoms with E-state index in [1.165, 1.54) is 29.5 Å². The van der Waals surface area contributed by atoms with Crippen molar-refractivity contribution < 1.29 is 19.2 Å². The largest absolute Gasteiger partial charge is 0.454 e. The Morgan fingerprint density at radius 3 is 2.72 bits per heavy atom. The molecule has 2 heterocycles. The van der Waals surface area contributed by atoms with Crippen LogP contribution in [0, 0.1) is 22.5 Å². The Kier molecular flexibility index (Phi) is 4.85. The summed E-state index contributed by atoms with van der Waals surface area (Å²) in [5.74, 6) is 3.36. The van der Waals surface area contributed by atoms with E-state index in [0.29, 0.717) is 21.9 Å². The van der Waals surface area contributed by atoms with E-state index < -0.39 is 10.8 Å². The average molecular weight is 407 g/mol. The SMILES string of the molecule is C#CCn1c(=NC(=O)/C=C\c2ccc([N+](=O)[O-])cc2)sc2cc3c(cc21)OCO3. The number of benzene rings is 2. The topological polar surface area (TPSA) is 96.0 Å². The number of fused-ring (bicyclic) bond motifs is 2. The van der Waals surface area contributed by atoms with Gasteiger partial charge in [0, 0.05) is 30.3 Å². The van der Waals surface area contributed by atoms with Crippen LogP contribution in [-0.4, -0.2) is 22.2 Å². The molecule has 9 heteroatoms. The van der Waals surface area contributed by atoms with Crippen LogP contribution in [0.5, 0.6) is 11.5 Å². The van der Waals surface area contributed by atoms with Crippen LogP contribution in [0.15, 0.2) is 47.5 Å². The Hall–Kier alpha value is -3.90. The van der Waals surface area contributed by atoms with Crippen molar-refractivity contribution in [3.8, 4) is 23.8 Å². The van der Waals surface area contributed by atoms with Gasteiger partial charge in [-0.1, -0.05) is 17.3 Å². The lowest BCUT2D eigenvalue weighted by Crippen LogP contribution is -2.15. The molecule has 0 N–H and O–H groups in total. The quantitative estimate of drug-likeness (QED) is 0.287. The van der Waals surface area contributed by atoms with E-state index in [9.17, 15) is 14.9 Å². The maximum Gasteiger partial charge on any atom is 0.272 e. The fourth-order valence-corrected chi connectivity index (χ4v) is 3.84. The number of nitro groups is 1. The molecule has 0 bridgehead atoms. The molecule has 0 saturated carbocycles. The lowest BCUT2D eigenvalue weighted by molar-refractivity contribution is -0.384. The summed E-state index contributed by atoms with van der Waals surface area (Å²) >= 11 is 1.32. The zero-order valence-electron chi connectivity index (χ0n) is 14.9. The number of non-ortho nitro benzene ring substituents is 1. The van der Waals surface area contributed by atoms with Crippen LogP contribution in [-0.2, 0) is 11.3 Å². The number of rotatable bonds is 4. The van der Waals surface area contributed by atoms with Crippen molar-refractivity contribution in [3.63, 3.8) is 0 Å². The van der Waals surface area contributed by atoms with Crippen molar-refractivity contribution >= 4 is 39.2 Å². The molecular weight excluding hydrogens is 394 g/mol. The van der Waals surface area contributed by atoms with Gasteiger partial charge in [-0.15, -0.1) is 6.42 Å². The monoisotopic (exact) mass is 407 g/mol. The van der Waals surface area contributed by atoms with Gasteiger partial charge >= 0.3 is 0 Å². The van der Waals surface area contributed by atoms with Crippen LogP contribution in [0.1, 0.15) is 5.56 Å². The van der Waals surface area contributed by atoms with Crippen molar-refractivity contribution in [3.05, 3.63) is 63.0 Å². The fourth-order valence-electron chi connectivity index (χ4n) is 2.80. The molecule has 0 saturated heterocycles. The highest BCUT2D eigenvalue weighted by molar-refractivity contribution is 7.16. The predicted molar refractivity (Wildman–Crippen MR) is 107 cm³/mol. The minimum atomic E-state index is -0.481. The molecule has 0 unspecified atom stereocenters. The van der Waals surface area contributed by atoms with Gasteiger partial charge in [0.1, 0.15) is 0 Å². The molecule has 0 fully saturated rings. The molecule has 8 nitrogen and oxygen atoms in total. The van der Waals surface area contributed by atoms with Gasteiger partial charge in [-0.25, -0.2) is 0 Å². The average Bonchev–Trinajstić information content (AvgIpc) is 3.29. The van der Waals surface area contributed by atoms with Crippen molar-refractivity contribution in [2.45, 2.75) is 6.54 Å². The third-order valence-corrected chi connectivity index (χ3v) is 5.20. The number of ether oxygens (including phenoxy) is 2. The van der Waals surface area contributed by atoms with E-state index in [4.69, 9.17) is 15.9 Å². The molecule has 1 aliphatic rings. The zero-order chi connectivity index (χ0) is 20.4. The zero-order valence-corrected chi connectivity index (χ0v) is 15.7. The smallest absolute Gasteiger partial charge is 0.272 e. The molecule has 3 aromatic rings. The number of hydrogen-bond acceptors (Lipinski definition) is 6. The molecule has 144 valence electrons. The van der Waals surface area contributed by atoms with E-state index in [1.54, 1.807) is 22.8 Å². The number of terminal acetylenes is 1. The van der Waals surface area contributed by atoms with Crippen LogP contribution in [0.2, 0.25) is 0 Å². The van der Waals surface area contributed by atoms with Crippen LogP contribution in [0.4, 0.5) is 5.69 Å². The van der Waals surface area contributed by atoms with Crippen molar-refractivity contribution in [1.29, 1.82) is 0 Å². The Labute approximate surface area is 168 Å². The molecule has 0 atom stereocenters. The lowest BCUT2D eigenvalue weighted by Gasteiger charge is -2.01. The number of thiazole rings is 1. The summed E-state index contributed by atoms with van der Waals surface area (Å²) in [5, 5.41) is 10.7. The number of hydrogen-bond donors (Lipinski definition) is 0. The first-order valence-electron chi connectivity index (χ1n) is 8.43. The molecule has 1 aromatic heterocycles. The van der Waals surface area contributed by atoms with Crippen LogP contribution in [0.25, 0.3) is 16.3 Å². The summed E-state index contributed by atoms with van der Waals surface area (Å²) in [4.78, 5) is 27.1. The van der Waals surface area contributed by atoms with Crippen LogP contribution in [0.3, 0.4) is 0 Å². The van der Waals surface area contributed by atoms with Crippen molar-refractivity contribution in [2.75, 3.05) is 6.79 Å². The van der Waals surface area contributed by atoms with E-state index in [-0.39, 0.29) is 19.0 Å². The first-order valence-corrected chi connectivity index (χ1v) is 9.24. The summed E-state index contributed by atoms with van der Waals surface area (Å²) in [5.41, 5.74) is 1.44. The molecule has 1 amide bonds. The summed E-state index contributed by atoms with van der Waals surface area (Å²) in [6, 6.07) is 9.52. The fraction of sp³-hybridized carbons (Fsp3) is 0.100. The number of carbonyl (C=O) groups excluding carboxylic acids is 1. The highest BCUT2D eigenvalue weighted by atomic mass is 32.1. The van der Waals surface area contributed by atoms with Gasteiger partial charge in [-0.05, 0) is 23.8 Å². The summed E-state index contributed by atoms with van der Waals surface area (Å²) in [7, 11) is 0. The number of nitro benzene ring substituents is 1. The van der Waals surface area contributed by atoms with E-state index in [0.717, 1.165) is 10.2 Å². The van der Waals surface area contributed by atoms with Gasteiger partial charge in [-0.2, -0.15) is 4.99 Å². The Morgan fingerprint density at radius 1 is 1.31 bits per heavy atom. The van der Waals surface area contributed by atoms with Crippen molar-refractivity contribution in [1.82, 2.24) is 4.57 Å². The third-order valence-electron chi connectivity index (χ3n) is 4.15. The first kappa shape index (κ1) is 18.5.